The average Bonchev–Trinajstić information content (AvgIpc) is 2.74. The fourth-order valence-electron chi connectivity index (χ4n) is 5.04. The summed E-state index contributed by atoms with van der Waals surface area (Å²) in [5.74, 6) is 0. The van der Waals surface area contributed by atoms with Gasteiger partial charge in [0.1, 0.15) is 0 Å². The third-order valence-corrected chi connectivity index (χ3v) is 14.9. The van der Waals surface area contributed by atoms with Crippen molar-refractivity contribution in [1.29, 1.82) is 0 Å². The predicted molar refractivity (Wildman–Crippen MR) is 162 cm³/mol. The molecule has 0 aromatic heterocycles. The maximum absolute atomic E-state index is 2.54. The fraction of sp³-hybridized carbons (Fsp3) is 0.533. The monoisotopic (exact) mass is 488 g/mol. The molecule has 6 radical (unpaired) electrons. The van der Waals surface area contributed by atoms with Crippen molar-refractivity contribution >= 4 is 32.7 Å². The zero-order valence-corrected chi connectivity index (χ0v) is 24.6. The van der Waals surface area contributed by atoms with Gasteiger partial charge < -0.3 is 0 Å². The molecule has 180 valence electrons. The van der Waals surface area contributed by atoms with Gasteiger partial charge in [-0.1, -0.05) is 130 Å². The first kappa shape index (κ1) is 31.2. The molecule has 3 rings (SSSR count). The SMILES string of the molecule is CP(C(C)(C)C)C1(Cc2ccccc2CC2(P(C)C(C)(C)C)C=CCC=C2)C=CCC=C1.[B].[B]. The lowest BCUT2D eigenvalue weighted by atomic mass is 9.87. The number of allylic oxidation sites excluding steroid dienone is 8. The van der Waals surface area contributed by atoms with Crippen LogP contribution < -0.4 is 0 Å². The van der Waals surface area contributed by atoms with E-state index in [4.69, 9.17) is 0 Å². The number of benzene rings is 1. The van der Waals surface area contributed by atoms with Gasteiger partial charge in [0, 0.05) is 27.1 Å². The summed E-state index contributed by atoms with van der Waals surface area (Å²) in [5.41, 5.74) is 3.07. The Morgan fingerprint density at radius 3 is 1.18 bits per heavy atom. The number of hydrogen-bond acceptors (Lipinski definition) is 0. The Bertz CT molecular complexity index is 813. The van der Waals surface area contributed by atoms with Crippen molar-refractivity contribution in [1.82, 2.24) is 0 Å². The van der Waals surface area contributed by atoms with Gasteiger partial charge in [0.2, 0.25) is 0 Å². The second-order valence-corrected chi connectivity index (χ2v) is 18.2. The summed E-state index contributed by atoms with van der Waals surface area (Å²) in [6.45, 7) is 19.5. The molecule has 4 heteroatoms. The first-order valence-electron chi connectivity index (χ1n) is 12.2. The molecule has 2 aliphatic carbocycles. The molecule has 0 bridgehead atoms. The van der Waals surface area contributed by atoms with E-state index >= 15 is 0 Å². The van der Waals surface area contributed by atoms with Gasteiger partial charge in [-0.05, 0) is 60.5 Å². The molecular formula is C30H44B2P2. The van der Waals surface area contributed by atoms with Crippen LogP contribution in [0.1, 0.15) is 65.5 Å². The van der Waals surface area contributed by atoms with E-state index in [1.54, 1.807) is 0 Å². The van der Waals surface area contributed by atoms with Crippen molar-refractivity contribution < 1.29 is 0 Å². The second-order valence-electron chi connectivity index (χ2n) is 11.6. The van der Waals surface area contributed by atoms with Crippen molar-refractivity contribution in [3.63, 3.8) is 0 Å². The lowest BCUT2D eigenvalue weighted by Crippen LogP contribution is -2.35. The summed E-state index contributed by atoms with van der Waals surface area (Å²) in [6, 6.07) is 9.29. The molecule has 0 aliphatic heterocycles. The Kier molecular flexibility index (Phi) is 11.0. The smallest absolute Gasteiger partial charge is 0.0305 e. The van der Waals surface area contributed by atoms with Crippen molar-refractivity contribution in [3.05, 3.63) is 84.0 Å². The van der Waals surface area contributed by atoms with Crippen LogP contribution in [0.3, 0.4) is 0 Å². The van der Waals surface area contributed by atoms with Crippen LogP contribution >= 0.6 is 15.8 Å². The van der Waals surface area contributed by atoms with E-state index in [9.17, 15) is 0 Å². The minimum Gasteiger partial charge on any atom is -0.0897 e. The Labute approximate surface area is 217 Å². The van der Waals surface area contributed by atoms with Gasteiger partial charge in [0.05, 0.1) is 0 Å². The first-order chi connectivity index (χ1) is 14.9. The van der Waals surface area contributed by atoms with E-state index < -0.39 is 0 Å². The van der Waals surface area contributed by atoms with Gasteiger partial charge in [0.15, 0.2) is 0 Å². The zero-order valence-electron chi connectivity index (χ0n) is 22.8. The molecule has 2 atom stereocenters. The summed E-state index contributed by atoms with van der Waals surface area (Å²) in [5, 5.41) is 0.926. The summed E-state index contributed by atoms with van der Waals surface area (Å²) >= 11 is 0. The molecule has 0 nitrogen and oxygen atoms in total. The van der Waals surface area contributed by atoms with Crippen LogP contribution in [0.5, 0.6) is 0 Å². The van der Waals surface area contributed by atoms with Crippen LogP contribution in [0.4, 0.5) is 0 Å². The van der Waals surface area contributed by atoms with Gasteiger partial charge >= 0.3 is 0 Å². The lowest BCUT2D eigenvalue weighted by Gasteiger charge is -2.45. The average molecular weight is 488 g/mol. The first-order valence-corrected chi connectivity index (χ1v) is 15.7. The van der Waals surface area contributed by atoms with Crippen LogP contribution in [0.2, 0.25) is 0 Å². The summed E-state index contributed by atoms with van der Waals surface area (Å²) < 4.78 is 0. The van der Waals surface area contributed by atoms with Crippen molar-refractivity contribution in [2.24, 2.45) is 0 Å². The molecule has 0 fully saturated rings. The van der Waals surface area contributed by atoms with E-state index in [2.05, 4.69) is 128 Å². The van der Waals surface area contributed by atoms with Gasteiger partial charge in [-0.15, -0.1) is 0 Å². The minimum atomic E-state index is -0.221. The molecule has 0 heterocycles. The molecule has 0 N–H and O–H groups in total. The molecule has 0 spiro atoms. The highest BCUT2D eigenvalue weighted by molar-refractivity contribution is 7.61. The maximum Gasteiger partial charge on any atom is 0.0305 e. The standard InChI is InChI=1S/C30H44P2.2B/c1-27(2,3)31(7)29(19-13-9-14-20-29)23-25-17-11-12-18-26(25)24-30(21-15-10-16-22-30)32(8)28(4,5)6;;/h11-22H,9-10,23-24H2,1-8H3;;. The van der Waals surface area contributed by atoms with E-state index in [1.165, 1.54) is 11.1 Å². The number of rotatable bonds is 6. The van der Waals surface area contributed by atoms with Crippen molar-refractivity contribution in [2.45, 2.75) is 87.9 Å². The molecule has 1 aromatic rings. The Balaban J connectivity index is 0.00000289. The van der Waals surface area contributed by atoms with E-state index in [0.29, 0.717) is 10.3 Å². The molecule has 0 saturated heterocycles. The van der Waals surface area contributed by atoms with Crippen LogP contribution in [0.25, 0.3) is 0 Å². The molecule has 34 heavy (non-hydrogen) atoms. The maximum atomic E-state index is 2.54. The lowest BCUT2D eigenvalue weighted by molar-refractivity contribution is 0.717. The summed E-state index contributed by atoms with van der Waals surface area (Å²) in [4.78, 5) is 0. The zero-order chi connectivity index (χ0) is 23.6. The third-order valence-electron chi connectivity index (χ3n) is 7.50. The van der Waals surface area contributed by atoms with Gasteiger partial charge in [-0.3, -0.25) is 0 Å². The minimum absolute atomic E-state index is 0. The molecule has 2 unspecified atom stereocenters. The van der Waals surface area contributed by atoms with Gasteiger partial charge in [-0.2, -0.15) is 0 Å². The quantitative estimate of drug-likeness (QED) is 0.215. The van der Waals surface area contributed by atoms with Gasteiger partial charge in [0.25, 0.3) is 0 Å². The van der Waals surface area contributed by atoms with Crippen molar-refractivity contribution in [2.75, 3.05) is 13.3 Å². The fourth-order valence-corrected chi connectivity index (χ4v) is 9.67. The Hall–Kier alpha value is -0.830. The number of hydrogen-bond donors (Lipinski definition) is 0. The van der Waals surface area contributed by atoms with Crippen molar-refractivity contribution in [3.8, 4) is 0 Å². The highest BCUT2D eigenvalue weighted by Crippen LogP contribution is 2.62. The molecule has 2 aliphatic rings. The molecular weight excluding hydrogens is 444 g/mol. The van der Waals surface area contributed by atoms with Crippen LogP contribution in [0, 0.1) is 0 Å². The normalized spacial score (nSPS) is 20.2. The largest absolute Gasteiger partial charge is 0.0897 e. The second kappa shape index (κ2) is 11.9. The van der Waals surface area contributed by atoms with Crippen LogP contribution in [-0.4, -0.2) is 50.8 Å². The van der Waals surface area contributed by atoms with Crippen LogP contribution in [0.15, 0.2) is 72.9 Å². The topological polar surface area (TPSA) is 0 Å². The van der Waals surface area contributed by atoms with Gasteiger partial charge in [-0.25, -0.2) is 0 Å². The van der Waals surface area contributed by atoms with Crippen LogP contribution in [-0.2, 0) is 12.8 Å². The Morgan fingerprint density at radius 2 is 0.912 bits per heavy atom. The Morgan fingerprint density at radius 1 is 0.618 bits per heavy atom. The molecule has 0 saturated carbocycles. The summed E-state index contributed by atoms with van der Waals surface area (Å²) in [7, 11) is -0.442. The molecule has 0 amide bonds. The summed E-state index contributed by atoms with van der Waals surface area (Å²) in [6.07, 6.45) is 24.1. The van der Waals surface area contributed by atoms with E-state index in [-0.39, 0.29) is 43.0 Å². The third kappa shape index (κ3) is 6.89. The van der Waals surface area contributed by atoms with E-state index in [1.807, 2.05) is 0 Å². The van der Waals surface area contributed by atoms with E-state index in [0.717, 1.165) is 25.7 Å². The highest BCUT2D eigenvalue weighted by Gasteiger charge is 2.41. The predicted octanol–water partition coefficient (Wildman–Crippen LogP) is 8.34. The molecule has 1 aromatic carbocycles. The highest BCUT2D eigenvalue weighted by atomic mass is 31.1.